The zero-order valence-corrected chi connectivity index (χ0v) is 24.1. The summed E-state index contributed by atoms with van der Waals surface area (Å²) in [6, 6.07) is 21.1. The molecule has 0 radical (unpaired) electrons. The first-order chi connectivity index (χ1) is 20.1. The van der Waals surface area contributed by atoms with Gasteiger partial charge in [0.25, 0.3) is 10.0 Å². The second-order valence-electron chi connectivity index (χ2n) is 9.14. The van der Waals surface area contributed by atoms with Gasteiger partial charge in [-0.15, -0.1) is 0 Å². The van der Waals surface area contributed by atoms with Crippen LogP contribution in [-0.2, 0) is 29.1 Å². The molecule has 4 rings (SSSR count). The number of hydrogen-bond acceptors (Lipinski definition) is 10. The molecule has 0 aliphatic carbocycles. The van der Waals surface area contributed by atoms with Gasteiger partial charge >= 0.3 is 11.9 Å². The average Bonchev–Trinajstić information content (AvgIpc) is 3.00. The van der Waals surface area contributed by atoms with Gasteiger partial charge in [0, 0.05) is 5.69 Å². The fourth-order valence-corrected chi connectivity index (χ4v) is 5.72. The van der Waals surface area contributed by atoms with Crippen LogP contribution in [0, 0.1) is 18.3 Å². The van der Waals surface area contributed by atoms with Gasteiger partial charge in [-0.25, -0.2) is 18.0 Å². The smallest absolute Gasteiger partial charge is 0.355 e. The largest absolute Gasteiger partial charge is 0.495 e. The second kappa shape index (κ2) is 12.1. The Balaban J connectivity index is 1.85. The average molecular weight is 589 g/mol. The number of benzene rings is 3. The minimum Gasteiger partial charge on any atom is -0.495 e. The van der Waals surface area contributed by atoms with Crippen molar-refractivity contribution in [2.75, 3.05) is 31.0 Å². The van der Waals surface area contributed by atoms with Crippen molar-refractivity contribution in [1.29, 1.82) is 5.26 Å². The number of ether oxygens (including phenoxy) is 3. The van der Waals surface area contributed by atoms with Gasteiger partial charge < -0.3 is 19.9 Å². The molecule has 216 valence electrons. The molecule has 0 amide bonds. The number of rotatable bonds is 8. The van der Waals surface area contributed by atoms with Crippen LogP contribution in [0.2, 0.25) is 0 Å². The van der Waals surface area contributed by atoms with Gasteiger partial charge in [0.1, 0.15) is 17.3 Å². The lowest BCUT2D eigenvalue weighted by Crippen LogP contribution is -2.40. The van der Waals surface area contributed by atoms with E-state index >= 15 is 0 Å². The van der Waals surface area contributed by atoms with E-state index in [1.54, 1.807) is 48.5 Å². The zero-order valence-electron chi connectivity index (χ0n) is 23.2. The molecule has 0 bridgehead atoms. The lowest BCUT2D eigenvalue weighted by atomic mass is 9.81. The maximum absolute atomic E-state index is 13.2. The molecule has 42 heavy (non-hydrogen) atoms. The number of methoxy groups -OCH3 is 3. The van der Waals surface area contributed by atoms with Gasteiger partial charge in [-0.3, -0.25) is 9.62 Å². The quantitative estimate of drug-likeness (QED) is 0.371. The van der Waals surface area contributed by atoms with Crippen molar-refractivity contribution in [3.63, 3.8) is 0 Å². The number of carbonyl (C=O) groups excluding carboxylic acids is 2. The highest BCUT2D eigenvalue weighted by Crippen LogP contribution is 2.43. The van der Waals surface area contributed by atoms with Crippen molar-refractivity contribution in [3.8, 4) is 11.8 Å². The Morgan fingerprint density at radius 3 is 2.17 bits per heavy atom. The molecule has 1 aliphatic heterocycles. The molecule has 0 saturated heterocycles. The van der Waals surface area contributed by atoms with Gasteiger partial charge in [0.2, 0.25) is 0 Å². The van der Waals surface area contributed by atoms with Crippen molar-refractivity contribution in [2.24, 2.45) is 5.73 Å². The van der Waals surface area contributed by atoms with Crippen molar-refractivity contribution < 1.29 is 32.2 Å². The van der Waals surface area contributed by atoms with E-state index in [0.29, 0.717) is 11.3 Å². The minimum atomic E-state index is -4.07. The Hall–Kier alpha value is -5.28. The van der Waals surface area contributed by atoms with Crippen LogP contribution in [0.1, 0.15) is 17.0 Å². The van der Waals surface area contributed by atoms with Gasteiger partial charge in [0.15, 0.2) is 0 Å². The summed E-state index contributed by atoms with van der Waals surface area (Å²) in [6.45, 7) is 1.81. The number of carbonyl (C=O) groups is 2. The molecule has 0 saturated carbocycles. The number of nitrogens with zero attached hydrogens (tertiary/aromatic N) is 2. The highest BCUT2D eigenvalue weighted by molar-refractivity contribution is 7.92. The molecule has 0 aromatic heterocycles. The number of hydrogen-bond donors (Lipinski definition) is 2. The first-order valence-corrected chi connectivity index (χ1v) is 14.0. The standard InChI is InChI=1S/C30H28N4O7S/c1-18-10-15-24(39-2)23(16-18)33-42(37,38)21-13-11-20(12-14-21)34-27(30(36)41-4)26(29(35)40-3)25(22(17-31)28(34)32)19-8-6-5-7-9-19/h5-16,25,33H,32H2,1-4H3. The summed E-state index contributed by atoms with van der Waals surface area (Å²) in [5.41, 5.74) is 7.85. The molecular formula is C30H28N4O7S. The summed E-state index contributed by atoms with van der Waals surface area (Å²) in [5, 5.41) is 10.2. The molecule has 1 heterocycles. The maximum Gasteiger partial charge on any atom is 0.355 e. The number of aryl methyl sites for hydroxylation is 1. The summed E-state index contributed by atoms with van der Waals surface area (Å²) in [6.07, 6.45) is 0. The number of allylic oxidation sites excluding steroid dienone is 1. The molecule has 11 nitrogen and oxygen atoms in total. The molecule has 12 heteroatoms. The summed E-state index contributed by atoms with van der Waals surface area (Å²) >= 11 is 0. The molecule has 3 aromatic carbocycles. The summed E-state index contributed by atoms with van der Waals surface area (Å²) < 4.78 is 44.3. The Labute approximate surface area is 243 Å². The third-order valence-electron chi connectivity index (χ3n) is 6.61. The zero-order chi connectivity index (χ0) is 30.6. The molecule has 3 N–H and O–H groups in total. The summed E-state index contributed by atoms with van der Waals surface area (Å²) in [4.78, 5) is 27.5. The molecule has 1 unspecified atom stereocenters. The van der Waals surface area contributed by atoms with Crippen molar-refractivity contribution in [3.05, 3.63) is 107 Å². The van der Waals surface area contributed by atoms with Crippen LogP contribution in [0.15, 0.2) is 100 Å². The Kier molecular flexibility index (Phi) is 8.54. The van der Waals surface area contributed by atoms with Gasteiger partial charge in [-0.1, -0.05) is 36.4 Å². The fourth-order valence-electron chi connectivity index (χ4n) is 4.66. The van der Waals surface area contributed by atoms with E-state index in [2.05, 4.69) is 10.8 Å². The monoisotopic (exact) mass is 588 g/mol. The maximum atomic E-state index is 13.2. The number of esters is 2. The van der Waals surface area contributed by atoms with E-state index in [4.69, 9.17) is 19.9 Å². The number of nitriles is 1. The SMILES string of the molecule is COC(=O)C1=C(C(=O)OC)N(c2ccc(S(=O)(=O)Nc3cc(C)ccc3OC)cc2)C(N)=C(C#N)C1c1ccccc1. The molecule has 0 fully saturated rings. The second-order valence-corrected chi connectivity index (χ2v) is 10.8. The van der Waals surface area contributed by atoms with E-state index in [1.807, 2.05) is 6.92 Å². The topological polar surface area (TPSA) is 161 Å². The third-order valence-corrected chi connectivity index (χ3v) is 8.00. The Morgan fingerprint density at radius 2 is 1.60 bits per heavy atom. The molecule has 1 atom stereocenters. The predicted octanol–water partition coefficient (Wildman–Crippen LogP) is 3.70. The van der Waals surface area contributed by atoms with Crippen LogP contribution in [0.4, 0.5) is 11.4 Å². The van der Waals surface area contributed by atoms with E-state index in [9.17, 15) is 23.3 Å². The van der Waals surface area contributed by atoms with Crippen LogP contribution in [-0.4, -0.2) is 41.7 Å². The Morgan fingerprint density at radius 1 is 0.952 bits per heavy atom. The first kappa shape index (κ1) is 29.7. The summed E-state index contributed by atoms with van der Waals surface area (Å²) in [7, 11) is -0.345. The van der Waals surface area contributed by atoms with E-state index < -0.39 is 27.9 Å². The van der Waals surface area contributed by atoms with Crippen LogP contribution >= 0.6 is 0 Å². The number of nitrogens with two attached hydrogens (primary N) is 1. The number of sulfonamides is 1. The minimum absolute atomic E-state index is 0.0147. The molecule has 1 aliphatic rings. The van der Waals surface area contributed by atoms with Gasteiger partial charge in [-0.05, 0) is 54.4 Å². The molecule has 0 spiro atoms. The fraction of sp³-hybridized carbons (Fsp3) is 0.167. The van der Waals surface area contributed by atoms with Crippen LogP contribution in [0.3, 0.4) is 0 Å². The Bertz CT molecular complexity index is 1740. The highest BCUT2D eigenvalue weighted by atomic mass is 32.2. The predicted molar refractivity (Wildman–Crippen MR) is 155 cm³/mol. The van der Waals surface area contributed by atoms with E-state index in [0.717, 1.165) is 19.8 Å². The van der Waals surface area contributed by atoms with Crippen LogP contribution < -0.4 is 20.1 Å². The molecular weight excluding hydrogens is 560 g/mol. The van der Waals surface area contributed by atoms with Crippen molar-refractivity contribution >= 4 is 33.3 Å². The van der Waals surface area contributed by atoms with E-state index in [1.165, 1.54) is 36.3 Å². The van der Waals surface area contributed by atoms with Crippen LogP contribution in [0.25, 0.3) is 0 Å². The van der Waals surface area contributed by atoms with Gasteiger partial charge in [0.05, 0.1) is 55.0 Å². The van der Waals surface area contributed by atoms with Crippen LogP contribution in [0.5, 0.6) is 5.75 Å². The first-order valence-electron chi connectivity index (χ1n) is 12.5. The summed E-state index contributed by atoms with van der Waals surface area (Å²) in [5.74, 6) is -2.61. The van der Waals surface area contributed by atoms with E-state index in [-0.39, 0.29) is 38.9 Å². The highest BCUT2D eigenvalue weighted by Gasteiger charge is 2.43. The molecule has 3 aromatic rings. The number of anilines is 2. The number of nitrogens with one attached hydrogen (secondary N) is 1. The normalized spacial score (nSPS) is 15.1. The lowest BCUT2D eigenvalue weighted by molar-refractivity contribution is -0.139. The lowest BCUT2D eigenvalue weighted by Gasteiger charge is -2.35. The van der Waals surface area contributed by atoms with Crippen molar-refractivity contribution in [1.82, 2.24) is 0 Å². The van der Waals surface area contributed by atoms with Crippen molar-refractivity contribution in [2.45, 2.75) is 17.7 Å². The van der Waals surface area contributed by atoms with Gasteiger partial charge in [-0.2, -0.15) is 5.26 Å². The third kappa shape index (κ3) is 5.50.